The van der Waals surface area contributed by atoms with Gasteiger partial charge in [-0.1, -0.05) is 6.92 Å². The maximum Gasteiger partial charge on any atom is 0.0780 e. The lowest BCUT2D eigenvalue weighted by molar-refractivity contribution is -0.0451. The van der Waals surface area contributed by atoms with E-state index in [0.717, 1.165) is 13.0 Å². The second-order valence-corrected chi connectivity index (χ2v) is 5.18. The third-order valence-electron chi connectivity index (χ3n) is 2.36. The Balaban J connectivity index is 0. The van der Waals surface area contributed by atoms with Gasteiger partial charge in [0.2, 0.25) is 0 Å². The van der Waals surface area contributed by atoms with Crippen molar-refractivity contribution in [2.45, 2.75) is 65.5 Å². The first-order valence-electron chi connectivity index (χ1n) is 7.61. The Bertz CT molecular complexity index is 201. The Morgan fingerprint density at radius 3 is 1.62 bits per heavy atom. The first-order chi connectivity index (χ1) is 9.87. The largest absolute Gasteiger partial charge is 0.394 e. The number of hydrogen-bond donors (Lipinski definition) is 3. The van der Waals surface area contributed by atoms with Gasteiger partial charge in [0.25, 0.3) is 0 Å². The van der Waals surface area contributed by atoms with Crippen molar-refractivity contribution in [3.05, 3.63) is 0 Å². The van der Waals surface area contributed by atoms with Gasteiger partial charge >= 0.3 is 0 Å². The molecule has 0 aromatic carbocycles. The highest BCUT2D eigenvalue weighted by Gasteiger charge is 2.04. The number of hydrogen-bond acceptors (Lipinski definition) is 6. The van der Waals surface area contributed by atoms with Crippen molar-refractivity contribution in [1.29, 1.82) is 0 Å². The van der Waals surface area contributed by atoms with E-state index in [0.29, 0.717) is 13.2 Å². The Labute approximate surface area is 129 Å². The molecular formula is C15H34O6. The van der Waals surface area contributed by atoms with Crippen molar-refractivity contribution in [2.75, 3.05) is 33.0 Å². The normalized spacial score (nSPS) is 16.6. The molecule has 0 rings (SSSR count). The summed E-state index contributed by atoms with van der Waals surface area (Å²) in [5, 5.41) is 25.8. The molecule has 0 aromatic heterocycles. The van der Waals surface area contributed by atoms with E-state index in [1.54, 1.807) is 13.8 Å². The minimum Gasteiger partial charge on any atom is -0.394 e. The number of aliphatic hydroxyl groups excluding tert-OH is 3. The van der Waals surface area contributed by atoms with Crippen molar-refractivity contribution in [3.8, 4) is 0 Å². The van der Waals surface area contributed by atoms with Crippen molar-refractivity contribution in [1.82, 2.24) is 0 Å². The molecule has 130 valence electrons. The van der Waals surface area contributed by atoms with Crippen molar-refractivity contribution in [3.63, 3.8) is 0 Å². The monoisotopic (exact) mass is 310 g/mol. The molecule has 0 amide bonds. The Hall–Kier alpha value is -0.240. The minimum atomic E-state index is -0.445. The Morgan fingerprint density at radius 2 is 1.24 bits per heavy atom. The fourth-order valence-electron chi connectivity index (χ4n) is 1.08. The van der Waals surface area contributed by atoms with Crippen LogP contribution in [0.2, 0.25) is 0 Å². The van der Waals surface area contributed by atoms with Crippen LogP contribution in [-0.2, 0) is 14.2 Å². The van der Waals surface area contributed by atoms with E-state index in [1.807, 2.05) is 13.8 Å². The van der Waals surface area contributed by atoms with Crippen LogP contribution in [0.4, 0.5) is 0 Å². The highest BCUT2D eigenvalue weighted by atomic mass is 16.5. The van der Waals surface area contributed by atoms with E-state index < -0.39 is 6.10 Å². The molecule has 0 bridgehead atoms. The first kappa shape index (κ1) is 23.0. The quantitative estimate of drug-likeness (QED) is 0.527. The smallest absolute Gasteiger partial charge is 0.0780 e. The molecular weight excluding hydrogens is 276 g/mol. The summed E-state index contributed by atoms with van der Waals surface area (Å²) in [5.41, 5.74) is 0. The third-order valence-corrected chi connectivity index (χ3v) is 2.36. The van der Waals surface area contributed by atoms with E-state index in [4.69, 9.17) is 29.5 Å². The van der Waals surface area contributed by atoms with Crippen molar-refractivity contribution >= 4 is 0 Å². The number of aliphatic hydroxyl groups is 3. The summed E-state index contributed by atoms with van der Waals surface area (Å²) in [6.07, 6.45) is 0.454. The van der Waals surface area contributed by atoms with Crippen LogP contribution >= 0.6 is 0 Å². The average Bonchev–Trinajstić information content (AvgIpc) is 2.48. The minimum absolute atomic E-state index is 0.00667. The lowest BCUT2D eigenvalue weighted by atomic mass is 10.4. The van der Waals surface area contributed by atoms with Gasteiger partial charge in [0.05, 0.1) is 50.8 Å². The van der Waals surface area contributed by atoms with E-state index in [9.17, 15) is 0 Å². The van der Waals surface area contributed by atoms with E-state index in [1.165, 1.54) is 0 Å². The maximum atomic E-state index is 8.69. The molecule has 0 aliphatic heterocycles. The molecule has 0 radical (unpaired) electrons. The van der Waals surface area contributed by atoms with Crippen LogP contribution in [0.25, 0.3) is 0 Å². The topological polar surface area (TPSA) is 88.4 Å². The van der Waals surface area contributed by atoms with Gasteiger partial charge in [-0.25, -0.2) is 0 Å². The Kier molecular flexibility index (Phi) is 17.7. The van der Waals surface area contributed by atoms with Gasteiger partial charge in [-0.3, -0.25) is 0 Å². The van der Waals surface area contributed by atoms with Crippen molar-refractivity contribution < 1.29 is 29.5 Å². The highest BCUT2D eigenvalue weighted by molar-refractivity contribution is 4.51. The third kappa shape index (κ3) is 19.8. The predicted octanol–water partition coefficient (Wildman–Crippen LogP) is 0.964. The summed E-state index contributed by atoms with van der Waals surface area (Å²) < 4.78 is 15.6. The van der Waals surface area contributed by atoms with Gasteiger partial charge in [0.15, 0.2) is 0 Å². The summed E-state index contributed by atoms with van der Waals surface area (Å²) in [6, 6.07) is 0. The van der Waals surface area contributed by atoms with Crippen LogP contribution < -0.4 is 0 Å². The van der Waals surface area contributed by atoms with Crippen LogP contribution in [0, 0.1) is 0 Å². The fourth-order valence-corrected chi connectivity index (χ4v) is 1.08. The molecule has 21 heavy (non-hydrogen) atoms. The molecule has 4 unspecified atom stereocenters. The molecule has 0 saturated heterocycles. The molecule has 6 heteroatoms. The van der Waals surface area contributed by atoms with Gasteiger partial charge in [0.1, 0.15) is 0 Å². The number of rotatable bonds is 11. The van der Waals surface area contributed by atoms with Gasteiger partial charge in [-0.15, -0.1) is 0 Å². The molecule has 6 nitrogen and oxygen atoms in total. The fraction of sp³-hybridized carbons (Fsp3) is 1.00. The zero-order valence-electron chi connectivity index (χ0n) is 14.1. The van der Waals surface area contributed by atoms with E-state index >= 15 is 0 Å². The zero-order chi connectivity index (χ0) is 16.7. The predicted molar refractivity (Wildman–Crippen MR) is 82.4 cm³/mol. The molecule has 3 N–H and O–H groups in total. The molecule has 0 aliphatic rings. The molecule has 4 atom stereocenters. The van der Waals surface area contributed by atoms with E-state index in [-0.39, 0.29) is 31.5 Å². The van der Waals surface area contributed by atoms with Crippen molar-refractivity contribution in [2.24, 2.45) is 0 Å². The van der Waals surface area contributed by atoms with Gasteiger partial charge in [0, 0.05) is 6.61 Å². The van der Waals surface area contributed by atoms with E-state index in [2.05, 4.69) is 6.92 Å². The maximum absolute atomic E-state index is 8.69. The lowest BCUT2D eigenvalue weighted by Gasteiger charge is -2.15. The lowest BCUT2D eigenvalue weighted by Crippen LogP contribution is -2.22. The summed E-state index contributed by atoms with van der Waals surface area (Å²) in [6.45, 7) is 11.0. The van der Waals surface area contributed by atoms with Crippen LogP contribution in [-0.4, -0.2) is 72.8 Å². The second kappa shape index (κ2) is 16.1. The van der Waals surface area contributed by atoms with Crippen LogP contribution in [0.15, 0.2) is 0 Å². The van der Waals surface area contributed by atoms with Gasteiger partial charge in [-0.05, 0) is 34.1 Å². The SMILES string of the molecule is CC(O)COC(C)CO.CCCOC(C)COC(C)CO. The summed E-state index contributed by atoms with van der Waals surface area (Å²) >= 11 is 0. The molecule has 0 aliphatic carbocycles. The molecule has 0 aromatic rings. The average molecular weight is 310 g/mol. The summed E-state index contributed by atoms with van der Waals surface area (Å²) in [4.78, 5) is 0. The highest BCUT2D eigenvalue weighted by Crippen LogP contribution is 1.96. The summed E-state index contributed by atoms with van der Waals surface area (Å²) in [7, 11) is 0. The zero-order valence-corrected chi connectivity index (χ0v) is 14.1. The second-order valence-electron chi connectivity index (χ2n) is 5.18. The molecule has 0 saturated carbocycles. The Morgan fingerprint density at radius 1 is 0.762 bits per heavy atom. The first-order valence-corrected chi connectivity index (χ1v) is 7.61. The van der Waals surface area contributed by atoms with Crippen LogP contribution in [0.3, 0.4) is 0 Å². The molecule has 0 spiro atoms. The number of ether oxygens (including phenoxy) is 3. The van der Waals surface area contributed by atoms with Crippen LogP contribution in [0.1, 0.15) is 41.0 Å². The molecule has 0 heterocycles. The van der Waals surface area contributed by atoms with Crippen LogP contribution in [0.5, 0.6) is 0 Å². The van der Waals surface area contributed by atoms with Gasteiger partial charge in [-0.2, -0.15) is 0 Å². The standard InChI is InChI=1S/C9H20O3.C6H14O3/c1-4-5-11-9(3)7-12-8(2)6-10;1-5(8)4-9-6(2)3-7/h8-10H,4-7H2,1-3H3;5-8H,3-4H2,1-2H3. The molecule has 0 fully saturated rings. The summed E-state index contributed by atoms with van der Waals surface area (Å²) in [5.74, 6) is 0. The van der Waals surface area contributed by atoms with Gasteiger partial charge < -0.3 is 29.5 Å².